The second kappa shape index (κ2) is 7.11. The number of hydrogen-bond acceptors (Lipinski definition) is 4. The summed E-state index contributed by atoms with van der Waals surface area (Å²) in [5, 5.41) is 10.9. The van der Waals surface area contributed by atoms with E-state index in [1.165, 1.54) is 13.8 Å². The van der Waals surface area contributed by atoms with Crippen molar-refractivity contribution in [3.8, 4) is 0 Å². The van der Waals surface area contributed by atoms with Gasteiger partial charge in [0.05, 0.1) is 6.04 Å². The van der Waals surface area contributed by atoms with Crippen LogP contribution in [0.1, 0.15) is 33.1 Å². The van der Waals surface area contributed by atoms with Crippen LogP contribution < -0.4 is 5.32 Å². The predicted molar refractivity (Wildman–Crippen MR) is 54.2 cm³/mol. The number of hydrogen-bond donors (Lipinski definition) is 2. The van der Waals surface area contributed by atoms with Crippen molar-refractivity contribution in [1.82, 2.24) is 5.32 Å². The molecule has 86 valence electrons. The second-order valence-corrected chi connectivity index (χ2v) is 3.48. The first kappa shape index (κ1) is 13.8. The van der Waals surface area contributed by atoms with Gasteiger partial charge in [-0.3, -0.25) is 9.59 Å². The fourth-order valence-corrected chi connectivity index (χ4v) is 1.17. The first-order valence-corrected chi connectivity index (χ1v) is 4.87. The summed E-state index contributed by atoms with van der Waals surface area (Å²) in [6.07, 6.45) is 1.39. The van der Waals surface area contributed by atoms with Crippen LogP contribution in [-0.2, 0) is 14.4 Å². The van der Waals surface area contributed by atoms with Gasteiger partial charge in [-0.25, -0.2) is 0 Å². The minimum atomic E-state index is -0.628. The highest BCUT2D eigenvalue weighted by Gasteiger charge is 2.15. The van der Waals surface area contributed by atoms with Crippen molar-refractivity contribution >= 4 is 17.5 Å². The monoisotopic (exact) mass is 215 g/mol. The van der Waals surface area contributed by atoms with Gasteiger partial charge in [0, 0.05) is 6.42 Å². The Morgan fingerprint density at radius 1 is 1.27 bits per heavy atom. The number of aliphatic hydroxyl groups is 1. The van der Waals surface area contributed by atoms with Crippen molar-refractivity contribution < 1.29 is 19.5 Å². The van der Waals surface area contributed by atoms with Gasteiger partial charge in [-0.05, 0) is 26.7 Å². The zero-order valence-corrected chi connectivity index (χ0v) is 9.08. The Bertz CT molecular complexity index is 250. The summed E-state index contributed by atoms with van der Waals surface area (Å²) in [6.45, 7) is 2.22. The molecule has 0 spiro atoms. The summed E-state index contributed by atoms with van der Waals surface area (Å²) in [5.41, 5.74) is 0. The van der Waals surface area contributed by atoms with Gasteiger partial charge in [0.1, 0.15) is 12.4 Å². The van der Waals surface area contributed by atoms with Crippen LogP contribution in [0.15, 0.2) is 0 Å². The normalized spacial score (nSPS) is 11.9. The lowest BCUT2D eigenvalue weighted by Crippen LogP contribution is -2.41. The van der Waals surface area contributed by atoms with Crippen LogP contribution in [0.5, 0.6) is 0 Å². The number of carbonyl (C=O) groups excluding carboxylic acids is 3. The van der Waals surface area contributed by atoms with E-state index >= 15 is 0 Å². The van der Waals surface area contributed by atoms with E-state index in [2.05, 4.69) is 5.32 Å². The third-order valence-corrected chi connectivity index (χ3v) is 1.99. The maximum Gasteiger partial charge on any atom is 0.246 e. The minimum Gasteiger partial charge on any atom is -0.387 e. The van der Waals surface area contributed by atoms with Crippen LogP contribution in [0.25, 0.3) is 0 Å². The van der Waals surface area contributed by atoms with Gasteiger partial charge in [-0.1, -0.05) is 0 Å². The SMILES string of the molecule is CC(=O)CCC[C@H](NC(=O)CO)C(C)=O. The minimum absolute atomic E-state index is 0.0609. The van der Waals surface area contributed by atoms with E-state index in [1.54, 1.807) is 0 Å². The molecule has 0 unspecified atom stereocenters. The van der Waals surface area contributed by atoms with E-state index in [-0.39, 0.29) is 11.6 Å². The van der Waals surface area contributed by atoms with Crippen molar-refractivity contribution in [1.29, 1.82) is 0 Å². The summed E-state index contributed by atoms with van der Waals surface area (Å²) < 4.78 is 0. The lowest BCUT2D eigenvalue weighted by molar-refractivity contribution is -0.128. The molecule has 5 heteroatoms. The molecule has 1 atom stereocenters. The topological polar surface area (TPSA) is 83.5 Å². The highest BCUT2D eigenvalue weighted by molar-refractivity contribution is 5.87. The summed E-state index contributed by atoms with van der Waals surface area (Å²) in [6, 6.07) is -0.594. The summed E-state index contributed by atoms with van der Waals surface area (Å²) in [7, 11) is 0. The van der Waals surface area contributed by atoms with E-state index in [0.29, 0.717) is 19.3 Å². The zero-order chi connectivity index (χ0) is 11.8. The molecule has 0 aromatic heterocycles. The molecule has 0 aliphatic heterocycles. The first-order valence-electron chi connectivity index (χ1n) is 4.87. The van der Waals surface area contributed by atoms with Gasteiger partial charge in [-0.15, -0.1) is 0 Å². The number of carbonyl (C=O) groups is 3. The van der Waals surface area contributed by atoms with Gasteiger partial charge in [0.2, 0.25) is 5.91 Å². The van der Waals surface area contributed by atoms with Crippen molar-refractivity contribution in [2.45, 2.75) is 39.2 Å². The summed E-state index contributed by atoms with van der Waals surface area (Å²) in [5.74, 6) is -0.677. The van der Waals surface area contributed by atoms with Crippen molar-refractivity contribution in [2.75, 3.05) is 6.61 Å². The molecule has 1 amide bonds. The van der Waals surface area contributed by atoms with Gasteiger partial charge >= 0.3 is 0 Å². The first-order chi connectivity index (χ1) is 6.97. The molecule has 0 saturated carbocycles. The van der Waals surface area contributed by atoms with Crippen molar-refractivity contribution in [3.05, 3.63) is 0 Å². The Morgan fingerprint density at radius 3 is 2.27 bits per heavy atom. The van der Waals surface area contributed by atoms with Gasteiger partial charge in [0.25, 0.3) is 0 Å². The smallest absolute Gasteiger partial charge is 0.246 e. The molecule has 0 aliphatic carbocycles. The van der Waals surface area contributed by atoms with E-state index in [4.69, 9.17) is 5.11 Å². The van der Waals surface area contributed by atoms with E-state index in [0.717, 1.165) is 0 Å². The fourth-order valence-electron chi connectivity index (χ4n) is 1.17. The van der Waals surface area contributed by atoms with Crippen LogP contribution in [-0.4, -0.2) is 35.2 Å². The van der Waals surface area contributed by atoms with Crippen LogP contribution in [0, 0.1) is 0 Å². The van der Waals surface area contributed by atoms with E-state index in [1.807, 2.05) is 0 Å². The molecule has 0 saturated heterocycles. The number of rotatable bonds is 7. The van der Waals surface area contributed by atoms with Crippen LogP contribution in [0.2, 0.25) is 0 Å². The molecule has 2 N–H and O–H groups in total. The maximum atomic E-state index is 11.1. The zero-order valence-electron chi connectivity index (χ0n) is 9.08. The molecular weight excluding hydrogens is 198 g/mol. The van der Waals surface area contributed by atoms with Crippen molar-refractivity contribution in [3.63, 3.8) is 0 Å². The van der Waals surface area contributed by atoms with E-state index < -0.39 is 18.6 Å². The van der Waals surface area contributed by atoms with E-state index in [9.17, 15) is 14.4 Å². The van der Waals surface area contributed by atoms with Crippen LogP contribution in [0.3, 0.4) is 0 Å². The molecule has 0 aliphatic rings. The van der Waals surface area contributed by atoms with Crippen molar-refractivity contribution in [2.24, 2.45) is 0 Å². The molecule has 5 nitrogen and oxygen atoms in total. The molecule has 0 fully saturated rings. The Labute approximate surface area is 88.9 Å². The number of amides is 1. The van der Waals surface area contributed by atoms with Crippen LogP contribution >= 0.6 is 0 Å². The maximum absolute atomic E-state index is 11.1. The summed E-state index contributed by atoms with van der Waals surface area (Å²) >= 11 is 0. The second-order valence-electron chi connectivity index (χ2n) is 3.48. The lowest BCUT2D eigenvalue weighted by Gasteiger charge is -2.14. The lowest BCUT2D eigenvalue weighted by atomic mass is 10.1. The Balaban J connectivity index is 4.00. The quantitative estimate of drug-likeness (QED) is 0.616. The molecule has 0 radical (unpaired) electrons. The number of aliphatic hydroxyl groups excluding tert-OH is 1. The van der Waals surface area contributed by atoms with Crippen LogP contribution in [0.4, 0.5) is 0 Å². The third-order valence-electron chi connectivity index (χ3n) is 1.99. The standard InChI is InChI=1S/C10H17NO4/c1-7(13)4-3-5-9(8(2)14)11-10(15)6-12/h9,12H,3-6H2,1-2H3,(H,11,15)/t9-/m0/s1. The Hall–Kier alpha value is -1.23. The summed E-state index contributed by atoms with van der Waals surface area (Å²) in [4.78, 5) is 32.6. The van der Waals surface area contributed by atoms with Gasteiger partial charge in [-0.2, -0.15) is 0 Å². The highest BCUT2D eigenvalue weighted by atomic mass is 16.3. The molecule has 0 bridgehead atoms. The largest absolute Gasteiger partial charge is 0.387 e. The Kier molecular flexibility index (Phi) is 6.53. The number of Topliss-reactive ketones (excluding diaryl/α,β-unsaturated/α-hetero) is 2. The molecular formula is C10H17NO4. The molecule has 0 aromatic rings. The number of nitrogens with one attached hydrogen (secondary N) is 1. The fraction of sp³-hybridized carbons (Fsp3) is 0.700. The average molecular weight is 215 g/mol. The predicted octanol–water partition coefficient (Wildman–Crippen LogP) is -0.188. The van der Waals surface area contributed by atoms with Gasteiger partial charge in [0.15, 0.2) is 5.78 Å². The number of ketones is 2. The highest BCUT2D eigenvalue weighted by Crippen LogP contribution is 2.02. The molecule has 15 heavy (non-hydrogen) atoms. The Morgan fingerprint density at radius 2 is 1.87 bits per heavy atom. The molecule has 0 rings (SSSR count). The third kappa shape index (κ3) is 6.79. The average Bonchev–Trinajstić information content (AvgIpc) is 2.15. The molecule has 0 heterocycles. The van der Waals surface area contributed by atoms with Gasteiger partial charge < -0.3 is 15.2 Å². The molecule has 0 aromatic carbocycles.